The normalized spacial score (nSPS) is 22.6. The highest BCUT2D eigenvalue weighted by Crippen LogP contribution is 2.39. The van der Waals surface area contributed by atoms with E-state index in [0.717, 1.165) is 30.2 Å². The molecule has 2 bridgehead atoms. The van der Waals surface area contributed by atoms with Gasteiger partial charge in [0.25, 0.3) is 0 Å². The van der Waals surface area contributed by atoms with Crippen LogP contribution in [0.3, 0.4) is 0 Å². The maximum atomic E-state index is 6.15. The molecule has 0 radical (unpaired) electrons. The monoisotopic (exact) mass is 439 g/mol. The largest absolute Gasteiger partial charge is 0.424 e. The van der Waals surface area contributed by atoms with Gasteiger partial charge in [-0.1, -0.05) is 11.6 Å². The van der Waals surface area contributed by atoms with Crippen molar-refractivity contribution in [2.75, 3.05) is 23.3 Å². The van der Waals surface area contributed by atoms with Crippen molar-refractivity contribution in [2.45, 2.75) is 32.7 Å². The minimum Gasteiger partial charge on any atom is -0.424 e. The highest BCUT2D eigenvalue weighted by molar-refractivity contribution is 6.30. The van der Waals surface area contributed by atoms with E-state index in [1.807, 2.05) is 33.0 Å². The molecule has 2 aliphatic rings. The first-order valence-electron chi connectivity index (χ1n) is 10.6. The minimum atomic E-state index is 0.350. The van der Waals surface area contributed by atoms with Gasteiger partial charge in [0, 0.05) is 43.0 Å². The molecule has 31 heavy (non-hydrogen) atoms. The number of nitrogens with zero attached hydrogens (tertiary/aromatic N) is 6. The average Bonchev–Trinajstić information content (AvgIpc) is 3.15. The minimum absolute atomic E-state index is 0.350. The van der Waals surface area contributed by atoms with Crippen LogP contribution in [0.15, 0.2) is 30.6 Å². The summed E-state index contributed by atoms with van der Waals surface area (Å²) in [6.45, 7) is 5.93. The lowest BCUT2D eigenvalue weighted by Crippen LogP contribution is -2.48. The molecule has 2 fully saturated rings. The Labute approximate surface area is 186 Å². The lowest BCUT2D eigenvalue weighted by atomic mass is 9.92. The Bertz CT molecular complexity index is 1070. The molecule has 1 aromatic carbocycles. The van der Waals surface area contributed by atoms with Crippen molar-refractivity contribution >= 4 is 23.4 Å². The van der Waals surface area contributed by atoms with Crippen LogP contribution in [0, 0.1) is 25.7 Å². The van der Waals surface area contributed by atoms with Crippen molar-refractivity contribution < 1.29 is 4.74 Å². The first-order chi connectivity index (χ1) is 14.9. The Hall–Kier alpha value is -2.87. The molecule has 5 rings (SSSR count). The molecule has 1 aliphatic heterocycles. The van der Waals surface area contributed by atoms with Gasteiger partial charge >= 0.3 is 6.01 Å². The first kappa shape index (κ1) is 20.1. The summed E-state index contributed by atoms with van der Waals surface area (Å²) in [5.74, 6) is 3.33. The van der Waals surface area contributed by atoms with Gasteiger partial charge in [-0.25, -0.2) is 14.6 Å². The molecule has 3 atom stereocenters. The lowest BCUT2D eigenvalue weighted by molar-refractivity contribution is 0.374. The van der Waals surface area contributed by atoms with Crippen molar-refractivity contribution in [3.05, 3.63) is 46.9 Å². The van der Waals surface area contributed by atoms with E-state index < -0.39 is 0 Å². The van der Waals surface area contributed by atoms with E-state index in [1.54, 1.807) is 17.1 Å². The highest BCUT2D eigenvalue weighted by atomic mass is 35.5. The van der Waals surface area contributed by atoms with Crippen LogP contribution in [0.5, 0.6) is 11.8 Å². The fourth-order valence-electron chi connectivity index (χ4n) is 4.80. The summed E-state index contributed by atoms with van der Waals surface area (Å²) >= 11 is 6.15. The predicted octanol–water partition coefficient (Wildman–Crippen LogP) is 3.99. The maximum absolute atomic E-state index is 6.15. The quantitative estimate of drug-likeness (QED) is 0.643. The number of ether oxygens (including phenoxy) is 1. The molecule has 0 amide bonds. The lowest BCUT2D eigenvalue weighted by Gasteiger charge is -2.38. The number of rotatable bonds is 5. The van der Waals surface area contributed by atoms with Crippen LogP contribution in [0.25, 0.3) is 0 Å². The number of fused-ring (bicyclic) bond motifs is 2. The first-order valence-corrected chi connectivity index (χ1v) is 11.0. The number of hydrogen-bond donors (Lipinski definition) is 1. The Kier molecular flexibility index (Phi) is 5.17. The van der Waals surface area contributed by atoms with Gasteiger partial charge in [0.2, 0.25) is 5.95 Å². The van der Waals surface area contributed by atoms with Crippen LogP contribution >= 0.6 is 11.6 Å². The Morgan fingerprint density at radius 2 is 1.84 bits per heavy atom. The Balaban J connectivity index is 1.28. The molecule has 3 aromatic rings. The van der Waals surface area contributed by atoms with E-state index in [2.05, 4.69) is 36.3 Å². The van der Waals surface area contributed by atoms with E-state index in [-0.39, 0.29) is 0 Å². The van der Waals surface area contributed by atoms with Crippen LogP contribution in [0.2, 0.25) is 5.02 Å². The summed E-state index contributed by atoms with van der Waals surface area (Å²) < 4.78 is 7.59. The molecule has 9 heteroatoms. The van der Waals surface area contributed by atoms with Gasteiger partial charge < -0.3 is 15.0 Å². The highest BCUT2D eigenvalue weighted by Gasteiger charge is 2.43. The molecule has 1 unspecified atom stereocenters. The third-order valence-corrected chi connectivity index (χ3v) is 6.41. The summed E-state index contributed by atoms with van der Waals surface area (Å²) in [6, 6.07) is 8.45. The van der Waals surface area contributed by atoms with Gasteiger partial charge in [0.15, 0.2) is 0 Å². The summed E-state index contributed by atoms with van der Waals surface area (Å²) in [5, 5.41) is 8.76. The number of benzene rings is 1. The smallest absolute Gasteiger partial charge is 0.321 e. The molecule has 1 N–H and O–H groups in total. The summed E-state index contributed by atoms with van der Waals surface area (Å²) in [5.41, 5.74) is 2.03. The van der Waals surface area contributed by atoms with Crippen molar-refractivity contribution in [1.29, 1.82) is 0 Å². The number of aryl methyl sites for hydroxylation is 3. The zero-order valence-electron chi connectivity index (χ0n) is 17.9. The van der Waals surface area contributed by atoms with Crippen LogP contribution in [0.4, 0.5) is 11.8 Å². The molecule has 2 aromatic heterocycles. The fraction of sp³-hybridized carbons (Fsp3) is 0.455. The van der Waals surface area contributed by atoms with Crippen LogP contribution < -0.4 is 15.0 Å². The SMILES string of the molecule is Cc1cc(Cl)cc(Oc2nc(NC3[C@@H]4CC[C@H]3CN(c3cc(C)ncn3)C4)nn2C)c1. The zero-order valence-corrected chi connectivity index (χ0v) is 18.7. The average molecular weight is 440 g/mol. The zero-order chi connectivity index (χ0) is 21.5. The number of halogens is 1. The Morgan fingerprint density at radius 1 is 1.06 bits per heavy atom. The van der Waals surface area contributed by atoms with Crippen molar-refractivity contribution in [1.82, 2.24) is 24.7 Å². The van der Waals surface area contributed by atoms with Gasteiger partial charge in [-0.3, -0.25) is 0 Å². The number of nitrogens with one attached hydrogen (secondary N) is 1. The predicted molar refractivity (Wildman–Crippen MR) is 120 cm³/mol. The third kappa shape index (κ3) is 4.17. The second-order valence-electron chi connectivity index (χ2n) is 8.60. The molecule has 1 aliphatic carbocycles. The Morgan fingerprint density at radius 3 is 2.55 bits per heavy atom. The van der Waals surface area contributed by atoms with Gasteiger partial charge in [0.1, 0.15) is 17.9 Å². The molecule has 3 heterocycles. The van der Waals surface area contributed by atoms with Crippen LogP contribution in [-0.4, -0.2) is 43.9 Å². The van der Waals surface area contributed by atoms with E-state index in [1.165, 1.54) is 12.8 Å². The van der Waals surface area contributed by atoms with Gasteiger partial charge in [-0.05, 0) is 62.3 Å². The fourth-order valence-corrected chi connectivity index (χ4v) is 5.07. The number of anilines is 2. The molecule has 162 valence electrons. The molecule has 1 saturated carbocycles. The van der Waals surface area contributed by atoms with E-state index in [9.17, 15) is 0 Å². The van der Waals surface area contributed by atoms with Crippen LogP contribution in [0.1, 0.15) is 24.1 Å². The van der Waals surface area contributed by atoms with E-state index >= 15 is 0 Å². The van der Waals surface area contributed by atoms with Crippen molar-refractivity contribution in [2.24, 2.45) is 18.9 Å². The van der Waals surface area contributed by atoms with Crippen LogP contribution in [-0.2, 0) is 7.05 Å². The summed E-state index contributed by atoms with van der Waals surface area (Å²) in [7, 11) is 1.83. The second kappa shape index (κ2) is 8.00. The summed E-state index contributed by atoms with van der Waals surface area (Å²) in [4.78, 5) is 15.7. The molecule has 8 nitrogen and oxygen atoms in total. The van der Waals surface area contributed by atoms with Gasteiger partial charge in [0.05, 0.1) is 0 Å². The third-order valence-electron chi connectivity index (χ3n) is 6.19. The van der Waals surface area contributed by atoms with E-state index in [4.69, 9.17) is 16.3 Å². The number of piperidine rings is 1. The number of aromatic nitrogens is 5. The van der Waals surface area contributed by atoms with Crippen molar-refractivity contribution in [3.63, 3.8) is 0 Å². The second-order valence-corrected chi connectivity index (χ2v) is 9.03. The molecular weight excluding hydrogens is 414 g/mol. The molecule has 0 spiro atoms. The number of hydrogen-bond acceptors (Lipinski definition) is 7. The maximum Gasteiger partial charge on any atom is 0.321 e. The van der Waals surface area contributed by atoms with E-state index in [0.29, 0.717) is 40.6 Å². The van der Waals surface area contributed by atoms with Crippen molar-refractivity contribution in [3.8, 4) is 11.8 Å². The molecule has 1 saturated heterocycles. The molecular formula is C22H26ClN7O. The topological polar surface area (TPSA) is 81.0 Å². The van der Waals surface area contributed by atoms with Gasteiger partial charge in [-0.2, -0.15) is 4.98 Å². The standard InChI is InChI=1S/C22H26ClN7O/c1-13-6-17(23)9-18(7-13)31-22-27-21(28-29(22)3)26-20-15-4-5-16(20)11-30(10-15)19-8-14(2)24-12-25-19/h6-9,12,15-16,20H,4-5,10-11H2,1-3H3,(H,26,28)/t15-,16+,20?. The van der Waals surface area contributed by atoms with Gasteiger partial charge in [-0.15, -0.1) is 5.10 Å². The summed E-state index contributed by atoms with van der Waals surface area (Å²) in [6.07, 6.45) is 4.04.